The van der Waals surface area contributed by atoms with Gasteiger partial charge in [-0.3, -0.25) is 4.90 Å². The van der Waals surface area contributed by atoms with E-state index < -0.39 is 0 Å². The molecule has 0 aliphatic carbocycles. The van der Waals surface area contributed by atoms with Crippen LogP contribution in [0.1, 0.15) is 11.6 Å². The normalized spacial score (nSPS) is 19.7. The predicted molar refractivity (Wildman–Crippen MR) is 75.0 cm³/mol. The van der Waals surface area contributed by atoms with E-state index >= 15 is 0 Å². The van der Waals surface area contributed by atoms with Crippen molar-refractivity contribution in [1.29, 1.82) is 0 Å². The highest BCUT2D eigenvalue weighted by Gasteiger charge is 2.27. The summed E-state index contributed by atoms with van der Waals surface area (Å²) in [6.07, 6.45) is 0. The molecule has 0 bridgehead atoms. The minimum Gasteiger partial charge on any atom is -0.392 e. The molecule has 1 aromatic carbocycles. The first kappa shape index (κ1) is 13.4. The highest BCUT2D eigenvalue weighted by atomic mass is 32.1. The molecule has 0 aromatic heterocycles. The van der Waals surface area contributed by atoms with E-state index in [1.807, 2.05) is 6.07 Å². The fourth-order valence-corrected chi connectivity index (χ4v) is 2.58. The third-order valence-corrected chi connectivity index (χ3v) is 3.60. The third-order valence-electron chi connectivity index (χ3n) is 3.37. The Hall–Kier alpha value is -1.04. The standard InChI is InChI=1S/C13H18FN3S/c1-16-6-8-17(9-7-16)12(13(15)18)10-4-2-3-5-11(10)14/h2-5,12H,6-9H2,1H3,(H2,15,18). The van der Waals surface area contributed by atoms with E-state index in [1.54, 1.807) is 12.1 Å². The number of thiocarbonyl (C=S) groups is 1. The molecular weight excluding hydrogens is 249 g/mol. The van der Waals surface area contributed by atoms with Crippen molar-refractivity contribution in [2.45, 2.75) is 6.04 Å². The van der Waals surface area contributed by atoms with Crippen LogP contribution in [0.4, 0.5) is 4.39 Å². The van der Waals surface area contributed by atoms with Crippen molar-refractivity contribution in [3.8, 4) is 0 Å². The molecule has 1 atom stereocenters. The lowest BCUT2D eigenvalue weighted by molar-refractivity contribution is 0.136. The van der Waals surface area contributed by atoms with Crippen molar-refractivity contribution in [3.63, 3.8) is 0 Å². The second-order valence-electron chi connectivity index (χ2n) is 4.67. The van der Waals surface area contributed by atoms with Crippen LogP contribution in [-0.4, -0.2) is 48.0 Å². The van der Waals surface area contributed by atoms with Gasteiger partial charge in [-0.1, -0.05) is 30.4 Å². The van der Waals surface area contributed by atoms with Crippen molar-refractivity contribution >= 4 is 17.2 Å². The van der Waals surface area contributed by atoms with Crippen LogP contribution in [0.3, 0.4) is 0 Å². The van der Waals surface area contributed by atoms with Crippen LogP contribution in [0.5, 0.6) is 0 Å². The quantitative estimate of drug-likeness (QED) is 0.839. The van der Waals surface area contributed by atoms with Gasteiger partial charge in [-0.25, -0.2) is 4.39 Å². The molecule has 1 fully saturated rings. The van der Waals surface area contributed by atoms with Crippen LogP contribution in [0, 0.1) is 5.82 Å². The zero-order valence-electron chi connectivity index (χ0n) is 10.5. The molecule has 1 unspecified atom stereocenters. The summed E-state index contributed by atoms with van der Waals surface area (Å²) in [7, 11) is 2.08. The summed E-state index contributed by atoms with van der Waals surface area (Å²) in [6.45, 7) is 3.61. The van der Waals surface area contributed by atoms with Crippen molar-refractivity contribution in [1.82, 2.24) is 9.80 Å². The van der Waals surface area contributed by atoms with Gasteiger partial charge in [-0.2, -0.15) is 0 Å². The Morgan fingerprint density at radius 3 is 2.44 bits per heavy atom. The van der Waals surface area contributed by atoms with E-state index in [0.29, 0.717) is 10.6 Å². The molecule has 0 amide bonds. The summed E-state index contributed by atoms with van der Waals surface area (Å²) < 4.78 is 13.9. The fourth-order valence-electron chi connectivity index (χ4n) is 2.31. The second kappa shape index (κ2) is 5.73. The van der Waals surface area contributed by atoms with Crippen molar-refractivity contribution in [3.05, 3.63) is 35.6 Å². The molecule has 1 aromatic rings. The van der Waals surface area contributed by atoms with Gasteiger partial charge in [0.15, 0.2) is 0 Å². The van der Waals surface area contributed by atoms with Crippen LogP contribution < -0.4 is 5.73 Å². The van der Waals surface area contributed by atoms with Gasteiger partial charge in [-0.05, 0) is 13.1 Å². The van der Waals surface area contributed by atoms with Gasteiger partial charge in [0.05, 0.1) is 11.0 Å². The first-order valence-electron chi connectivity index (χ1n) is 6.06. The van der Waals surface area contributed by atoms with Crippen molar-refractivity contribution in [2.75, 3.05) is 33.2 Å². The molecule has 1 heterocycles. The third kappa shape index (κ3) is 2.85. The summed E-state index contributed by atoms with van der Waals surface area (Å²) in [6, 6.07) is 6.42. The summed E-state index contributed by atoms with van der Waals surface area (Å²) in [5, 5.41) is 0. The molecule has 0 radical (unpaired) electrons. The number of nitrogens with two attached hydrogens (primary N) is 1. The van der Waals surface area contributed by atoms with E-state index in [2.05, 4.69) is 16.8 Å². The van der Waals surface area contributed by atoms with E-state index in [0.717, 1.165) is 26.2 Å². The average molecular weight is 267 g/mol. The lowest BCUT2D eigenvalue weighted by Gasteiger charge is -2.37. The van der Waals surface area contributed by atoms with Crippen LogP contribution in [0.25, 0.3) is 0 Å². The zero-order valence-corrected chi connectivity index (χ0v) is 11.3. The Labute approximate surface area is 112 Å². The van der Waals surface area contributed by atoms with Gasteiger partial charge in [0.25, 0.3) is 0 Å². The molecule has 98 valence electrons. The molecule has 1 saturated heterocycles. The van der Waals surface area contributed by atoms with Crippen LogP contribution in [0.2, 0.25) is 0 Å². The number of rotatable bonds is 3. The maximum atomic E-state index is 13.9. The van der Waals surface area contributed by atoms with Gasteiger partial charge in [0.2, 0.25) is 0 Å². The van der Waals surface area contributed by atoms with Gasteiger partial charge in [-0.15, -0.1) is 0 Å². The van der Waals surface area contributed by atoms with Crippen LogP contribution in [-0.2, 0) is 0 Å². The molecule has 0 spiro atoms. The first-order valence-corrected chi connectivity index (χ1v) is 6.47. The van der Waals surface area contributed by atoms with Gasteiger partial charge in [0.1, 0.15) is 5.82 Å². The number of likely N-dealkylation sites (N-methyl/N-ethyl adjacent to an activating group) is 1. The molecule has 3 nitrogen and oxygen atoms in total. The molecule has 2 rings (SSSR count). The smallest absolute Gasteiger partial charge is 0.128 e. The number of halogens is 1. The molecule has 1 aliphatic heterocycles. The van der Waals surface area contributed by atoms with Gasteiger partial charge >= 0.3 is 0 Å². The molecule has 18 heavy (non-hydrogen) atoms. The number of nitrogens with zero attached hydrogens (tertiary/aromatic N) is 2. The highest BCUT2D eigenvalue weighted by molar-refractivity contribution is 7.80. The van der Waals surface area contributed by atoms with Crippen molar-refractivity contribution < 1.29 is 4.39 Å². The van der Waals surface area contributed by atoms with E-state index in [4.69, 9.17) is 18.0 Å². The van der Waals surface area contributed by atoms with E-state index in [1.165, 1.54) is 6.07 Å². The maximum Gasteiger partial charge on any atom is 0.128 e. The Bertz CT molecular complexity index is 430. The van der Waals surface area contributed by atoms with Crippen molar-refractivity contribution in [2.24, 2.45) is 5.73 Å². The molecule has 5 heteroatoms. The maximum absolute atomic E-state index is 13.9. The minimum atomic E-state index is -0.296. The minimum absolute atomic E-state index is 0.241. The van der Waals surface area contributed by atoms with Crippen LogP contribution >= 0.6 is 12.2 Å². The largest absolute Gasteiger partial charge is 0.392 e. The number of hydrogen-bond acceptors (Lipinski definition) is 3. The molecule has 0 saturated carbocycles. The average Bonchev–Trinajstić information content (AvgIpc) is 2.34. The number of piperazine rings is 1. The molecule has 1 aliphatic rings. The first-order chi connectivity index (χ1) is 8.59. The predicted octanol–water partition coefficient (Wildman–Crippen LogP) is 1.40. The Morgan fingerprint density at radius 1 is 1.28 bits per heavy atom. The van der Waals surface area contributed by atoms with Gasteiger partial charge < -0.3 is 10.6 Å². The summed E-state index contributed by atoms with van der Waals surface area (Å²) >= 11 is 5.12. The Morgan fingerprint density at radius 2 is 1.89 bits per heavy atom. The van der Waals surface area contributed by atoms with E-state index in [9.17, 15) is 4.39 Å². The summed E-state index contributed by atoms with van der Waals surface area (Å²) in [4.78, 5) is 4.74. The summed E-state index contributed by atoms with van der Waals surface area (Å²) in [5.74, 6) is -0.241. The number of hydrogen-bond donors (Lipinski definition) is 1. The fraction of sp³-hybridized carbons (Fsp3) is 0.462. The highest BCUT2D eigenvalue weighted by Crippen LogP contribution is 2.24. The zero-order chi connectivity index (χ0) is 13.1. The Balaban J connectivity index is 2.24. The van der Waals surface area contributed by atoms with Gasteiger partial charge in [0, 0.05) is 31.7 Å². The van der Waals surface area contributed by atoms with Crippen LogP contribution in [0.15, 0.2) is 24.3 Å². The summed E-state index contributed by atoms with van der Waals surface area (Å²) in [5.41, 5.74) is 6.39. The molecule has 2 N–H and O–H groups in total. The second-order valence-corrected chi connectivity index (χ2v) is 5.14. The topological polar surface area (TPSA) is 32.5 Å². The Kier molecular flexibility index (Phi) is 4.27. The van der Waals surface area contributed by atoms with E-state index in [-0.39, 0.29) is 11.9 Å². The number of benzene rings is 1. The lowest BCUT2D eigenvalue weighted by atomic mass is 10.0. The SMILES string of the molecule is CN1CCN(C(C(N)=S)c2ccccc2F)CC1. The molecular formula is C13H18FN3S. The monoisotopic (exact) mass is 267 g/mol. The lowest BCUT2D eigenvalue weighted by Crippen LogP contribution is -2.48.